The number of amides is 2. The monoisotopic (exact) mass is 455 g/mol. The zero-order valence-electron chi connectivity index (χ0n) is 18.9. The number of nitrogens with one attached hydrogen (secondary N) is 2. The SMILES string of the molecule is CC(ONC(=O)C(CCN(C)C)NC(=O)OCC1c2ccccc2-c2ccccc21)C(=O)O. The van der Waals surface area contributed by atoms with Crippen molar-refractivity contribution in [2.24, 2.45) is 0 Å². The maximum absolute atomic E-state index is 12.6. The number of benzene rings is 2. The van der Waals surface area contributed by atoms with E-state index in [1.54, 1.807) is 0 Å². The zero-order valence-corrected chi connectivity index (χ0v) is 18.9. The number of hydrogen-bond donors (Lipinski definition) is 3. The molecule has 0 bridgehead atoms. The molecule has 3 N–H and O–H groups in total. The molecule has 176 valence electrons. The standard InChI is InChI=1S/C24H29N3O6/c1-15(23(29)30)33-26-22(28)21(12-13-27(2)3)25-24(31)32-14-20-18-10-6-4-8-16(18)17-9-5-7-11-19(17)20/h4-11,15,20-21H,12-14H2,1-3H3,(H,25,31)(H,26,28)(H,29,30). The van der Waals surface area contributed by atoms with Gasteiger partial charge in [0.2, 0.25) is 0 Å². The number of fused-ring (bicyclic) bond motifs is 3. The molecule has 2 atom stereocenters. The van der Waals surface area contributed by atoms with Crippen LogP contribution in [0.1, 0.15) is 30.4 Å². The Labute approximate surface area is 192 Å². The summed E-state index contributed by atoms with van der Waals surface area (Å²) < 4.78 is 5.51. The van der Waals surface area contributed by atoms with E-state index >= 15 is 0 Å². The van der Waals surface area contributed by atoms with E-state index in [4.69, 9.17) is 14.7 Å². The number of carboxylic acid groups (broad SMARTS) is 1. The lowest BCUT2D eigenvalue weighted by atomic mass is 9.98. The number of rotatable bonds is 10. The van der Waals surface area contributed by atoms with E-state index in [9.17, 15) is 14.4 Å². The number of aliphatic carboxylic acids is 1. The number of carboxylic acids is 1. The first kappa shape index (κ1) is 24.2. The second-order valence-corrected chi connectivity index (χ2v) is 8.18. The lowest BCUT2D eigenvalue weighted by Gasteiger charge is -2.21. The summed E-state index contributed by atoms with van der Waals surface area (Å²) in [5.41, 5.74) is 6.52. The fourth-order valence-electron chi connectivity index (χ4n) is 3.71. The van der Waals surface area contributed by atoms with Crippen LogP contribution in [0.3, 0.4) is 0 Å². The summed E-state index contributed by atoms with van der Waals surface area (Å²) in [6.07, 6.45) is -1.67. The van der Waals surface area contributed by atoms with Crippen LogP contribution in [-0.2, 0) is 19.2 Å². The smallest absolute Gasteiger partial charge is 0.407 e. The molecule has 3 rings (SSSR count). The van der Waals surface area contributed by atoms with Crippen molar-refractivity contribution < 1.29 is 29.1 Å². The van der Waals surface area contributed by atoms with Crippen LogP contribution in [0.4, 0.5) is 4.79 Å². The molecule has 0 heterocycles. The van der Waals surface area contributed by atoms with Gasteiger partial charge in [0.25, 0.3) is 5.91 Å². The normalized spacial score (nSPS) is 14.2. The molecule has 33 heavy (non-hydrogen) atoms. The summed E-state index contributed by atoms with van der Waals surface area (Å²) in [7, 11) is 3.68. The molecular weight excluding hydrogens is 426 g/mol. The summed E-state index contributed by atoms with van der Waals surface area (Å²) in [4.78, 5) is 42.7. The molecule has 1 aliphatic carbocycles. The second-order valence-electron chi connectivity index (χ2n) is 8.18. The molecule has 0 saturated carbocycles. The highest BCUT2D eigenvalue weighted by Crippen LogP contribution is 2.44. The highest BCUT2D eigenvalue weighted by atomic mass is 16.7. The predicted molar refractivity (Wildman–Crippen MR) is 121 cm³/mol. The van der Waals surface area contributed by atoms with Crippen LogP contribution in [0.2, 0.25) is 0 Å². The van der Waals surface area contributed by atoms with Gasteiger partial charge in [-0.25, -0.2) is 15.1 Å². The van der Waals surface area contributed by atoms with Crippen molar-refractivity contribution in [3.63, 3.8) is 0 Å². The van der Waals surface area contributed by atoms with Crippen LogP contribution in [0, 0.1) is 0 Å². The Morgan fingerprint density at radius 3 is 2.15 bits per heavy atom. The topological polar surface area (TPSA) is 117 Å². The van der Waals surface area contributed by atoms with Gasteiger partial charge in [-0.2, -0.15) is 0 Å². The Morgan fingerprint density at radius 2 is 1.61 bits per heavy atom. The van der Waals surface area contributed by atoms with Crippen LogP contribution in [0.5, 0.6) is 0 Å². The van der Waals surface area contributed by atoms with Crippen molar-refractivity contribution in [2.75, 3.05) is 27.2 Å². The molecular formula is C24H29N3O6. The summed E-state index contributed by atoms with van der Waals surface area (Å²) in [5.74, 6) is -1.97. The van der Waals surface area contributed by atoms with Crippen molar-refractivity contribution in [2.45, 2.75) is 31.4 Å². The molecule has 2 aromatic rings. The molecule has 1 aliphatic rings. The molecule has 9 heteroatoms. The maximum atomic E-state index is 12.6. The number of carbonyl (C=O) groups is 3. The molecule has 2 amide bonds. The molecule has 0 saturated heterocycles. The van der Waals surface area contributed by atoms with Gasteiger partial charge in [0.1, 0.15) is 12.6 Å². The quantitative estimate of drug-likeness (QED) is 0.471. The van der Waals surface area contributed by atoms with Crippen LogP contribution in [0.25, 0.3) is 11.1 Å². The van der Waals surface area contributed by atoms with Crippen molar-refractivity contribution in [1.29, 1.82) is 0 Å². The van der Waals surface area contributed by atoms with Crippen molar-refractivity contribution >= 4 is 18.0 Å². The first-order valence-electron chi connectivity index (χ1n) is 10.7. The minimum atomic E-state index is -1.22. The number of alkyl carbamates (subject to hydrolysis) is 1. The summed E-state index contributed by atoms with van der Waals surface area (Å²) in [6, 6.07) is 15.1. The van der Waals surface area contributed by atoms with Gasteiger partial charge in [-0.05, 0) is 56.2 Å². The molecule has 0 fully saturated rings. The highest BCUT2D eigenvalue weighted by molar-refractivity contribution is 5.85. The van der Waals surface area contributed by atoms with Gasteiger partial charge in [0.05, 0.1) is 0 Å². The van der Waals surface area contributed by atoms with Crippen LogP contribution >= 0.6 is 0 Å². The van der Waals surface area contributed by atoms with Crippen LogP contribution in [0.15, 0.2) is 48.5 Å². The fraction of sp³-hybridized carbons (Fsp3) is 0.375. The number of nitrogens with zero attached hydrogens (tertiary/aromatic N) is 1. The summed E-state index contributed by atoms with van der Waals surface area (Å²) in [6.45, 7) is 1.92. The predicted octanol–water partition coefficient (Wildman–Crippen LogP) is 2.37. The molecule has 0 aliphatic heterocycles. The fourth-order valence-corrected chi connectivity index (χ4v) is 3.71. The highest BCUT2D eigenvalue weighted by Gasteiger charge is 2.30. The minimum absolute atomic E-state index is 0.100. The van der Waals surface area contributed by atoms with Gasteiger partial charge in [-0.1, -0.05) is 48.5 Å². The van der Waals surface area contributed by atoms with E-state index in [0.717, 1.165) is 22.3 Å². The van der Waals surface area contributed by atoms with Gasteiger partial charge in [-0.3, -0.25) is 9.63 Å². The van der Waals surface area contributed by atoms with Gasteiger partial charge < -0.3 is 20.1 Å². The Morgan fingerprint density at radius 1 is 1.03 bits per heavy atom. The molecule has 2 aromatic carbocycles. The Kier molecular flexibility index (Phi) is 8.02. The lowest BCUT2D eigenvalue weighted by Crippen LogP contribution is -2.49. The van der Waals surface area contributed by atoms with Gasteiger partial charge in [0, 0.05) is 5.92 Å². The van der Waals surface area contributed by atoms with Gasteiger partial charge in [-0.15, -0.1) is 0 Å². The van der Waals surface area contributed by atoms with E-state index in [2.05, 4.69) is 10.8 Å². The van der Waals surface area contributed by atoms with Gasteiger partial charge >= 0.3 is 12.1 Å². The molecule has 0 spiro atoms. The zero-order chi connectivity index (χ0) is 24.0. The third-order valence-electron chi connectivity index (χ3n) is 5.50. The maximum Gasteiger partial charge on any atom is 0.407 e. The lowest BCUT2D eigenvalue weighted by molar-refractivity contribution is -0.159. The third-order valence-corrected chi connectivity index (χ3v) is 5.50. The van der Waals surface area contributed by atoms with E-state index in [1.165, 1.54) is 6.92 Å². The Balaban J connectivity index is 1.63. The van der Waals surface area contributed by atoms with Gasteiger partial charge in [0.15, 0.2) is 6.10 Å². The summed E-state index contributed by atoms with van der Waals surface area (Å²) >= 11 is 0. The first-order chi connectivity index (χ1) is 15.8. The second kappa shape index (κ2) is 10.9. The summed E-state index contributed by atoms with van der Waals surface area (Å²) in [5, 5.41) is 11.5. The van der Waals surface area contributed by atoms with Crippen LogP contribution < -0.4 is 10.8 Å². The first-order valence-corrected chi connectivity index (χ1v) is 10.7. The molecule has 0 aromatic heterocycles. The van der Waals surface area contributed by atoms with Crippen LogP contribution in [-0.4, -0.2) is 67.4 Å². The van der Waals surface area contributed by atoms with Crippen molar-refractivity contribution in [3.05, 3.63) is 59.7 Å². The van der Waals surface area contributed by atoms with E-state index in [-0.39, 0.29) is 18.9 Å². The molecule has 0 radical (unpaired) electrons. The Hall–Kier alpha value is -3.43. The number of hydrogen-bond acceptors (Lipinski definition) is 6. The number of carbonyl (C=O) groups excluding carboxylic acids is 2. The average Bonchev–Trinajstić information content (AvgIpc) is 3.12. The average molecular weight is 456 g/mol. The third kappa shape index (κ3) is 6.09. The molecule has 2 unspecified atom stereocenters. The molecule has 9 nitrogen and oxygen atoms in total. The van der Waals surface area contributed by atoms with E-state index in [0.29, 0.717) is 6.54 Å². The number of ether oxygens (including phenoxy) is 1. The number of hydroxylamine groups is 1. The van der Waals surface area contributed by atoms with E-state index < -0.39 is 30.1 Å². The Bertz CT molecular complexity index is 964. The minimum Gasteiger partial charge on any atom is -0.479 e. The van der Waals surface area contributed by atoms with Crippen molar-refractivity contribution in [1.82, 2.24) is 15.7 Å². The van der Waals surface area contributed by atoms with Crippen molar-refractivity contribution in [3.8, 4) is 11.1 Å². The van der Waals surface area contributed by atoms with E-state index in [1.807, 2.05) is 67.5 Å². The largest absolute Gasteiger partial charge is 0.479 e.